The quantitative estimate of drug-likeness (QED) is 0.822. The number of fused-ring (bicyclic) bond motifs is 3. The summed E-state index contributed by atoms with van der Waals surface area (Å²) in [6.45, 7) is 3.43. The molecule has 2 aliphatic carbocycles. The lowest BCUT2D eigenvalue weighted by Crippen LogP contribution is -2.53. The first-order valence-electron chi connectivity index (χ1n) is 10.4. The van der Waals surface area contributed by atoms with Gasteiger partial charge >= 0.3 is 0 Å². The fourth-order valence-corrected chi connectivity index (χ4v) is 6.22. The van der Waals surface area contributed by atoms with Crippen LogP contribution in [0.15, 0.2) is 0 Å². The van der Waals surface area contributed by atoms with Crippen molar-refractivity contribution < 1.29 is 0 Å². The number of nitrogen functional groups attached to an aromatic ring is 1. The van der Waals surface area contributed by atoms with Crippen molar-refractivity contribution in [2.24, 2.45) is 5.92 Å². The van der Waals surface area contributed by atoms with E-state index in [0.29, 0.717) is 17.4 Å². The number of aromatic nitrogens is 2. The van der Waals surface area contributed by atoms with Crippen LogP contribution in [-0.4, -0.2) is 35.6 Å². The highest BCUT2D eigenvalue weighted by molar-refractivity contribution is 5.56. The largest absolute Gasteiger partial charge is 0.368 e. The molecule has 5 heteroatoms. The van der Waals surface area contributed by atoms with Crippen molar-refractivity contribution in [3.8, 4) is 0 Å². The first kappa shape index (κ1) is 15.9. The summed E-state index contributed by atoms with van der Waals surface area (Å²) in [5, 5.41) is 3.59. The second-order valence-corrected chi connectivity index (χ2v) is 8.73. The summed E-state index contributed by atoms with van der Waals surface area (Å²) in [6, 6.07) is 0.634. The summed E-state index contributed by atoms with van der Waals surface area (Å²) in [6.07, 6.45) is 12.9. The SMILES string of the molecule is Nc1nc(N2CCC[C@@H]3CNCC[C@H]32)c2c(n1)C1(CCCC1)CCC2. The van der Waals surface area contributed by atoms with E-state index < -0.39 is 0 Å². The predicted octanol–water partition coefficient (Wildman–Crippen LogP) is 2.79. The van der Waals surface area contributed by atoms with Crippen LogP contribution < -0.4 is 16.0 Å². The van der Waals surface area contributed by atoms with Gasteiger partial charge in [0, 0.05) is 23.6 Å². The Hall–Kier alpha value is -1.36. The molecule has 2 aliphatic heterocycles. The van der Waals surface area contributed by atoms with Gasteiger partial charge in [0.25, 0.3) is 0 Å². The van der Waals surface area contributed by atoms with Crippen LogP contribution in [-0.2, 0) is 11.8 Å². The number of hydrogen-bond acceptors (Lipinski definition) is 5. The van der Waals surface area contributed by atoms with Crippen LogP contribution in [0.3, 0.4) is 0 Å². The van der Waals surface area contributed by atoms with Gasteiger partial charge in [-0.3, -0.25) is 0 Å². The Morgan fingerprint density at radius 3 is 2.76 bits per heavy atom. The summed E-state index contributed by atoms with van der Waals surface area (Å²) < 4.78 is 0. The molecule has 2 atom stereocenters. The average molecular weight is 342 g/mol. The minimum atomic E-state index is 0.308. The fourth-order valence-electron chi connectivity index (χ4n) is 6.22. The van der Waals surface area contributed by atoms with Gasteiger partial charge in [-0.1, -0.05) is 12.8 Å². The zero-order valence-electron chi connectivity index (χ0n) is 15.3. The van der Waals surface area contributed by atoms with Crippen molar-refractivity contribution in [3.05, 3.63) is 11.3 Å². The van der Waals surface area contributed by atoms with Gasteiger partial charge in [-0.15, -0.1) is 0 Å². The van der Waals surface area contributed by atoms with Crippen molar-refractivity contribution in [3.63, 3.8) is 0 Å². The molecule has 0 aromatic carbocycles. The van der Waals surface area contributed by atoms with E-state index in [2.05, 4.69) is 10.2 Å². The molecule has 136 valence electrons. The standard InChI is InChI=1S/C20H31N5/c21-19-23-17-15(6-3-10-20(17)8-1-2-9-20)18(24-19)25-12-4-5-14-13-22-11-7-16(14)25/h14,16,22H,1-13H2,(H2,21,23,24)/t14-,16-/m1/s1. The van der Waals surface area contributed by atoms with Crippen LogP contribution in [0.1, 0.15) is 69.0 Å². The van der Waals surface area contributed by atoms with E-state index in [-0.39, 0.29) is 0 Å². The molecule has 1 aromatic heterocycles. The molecule has 0 radical (unpaired) electrons. The first-order valence-corrected chi connectivity index (χ1v) is 10.4. The van der Waals surface area contributed by atoms with E-state index in [1.165, 1.54) is 74.9 Å². The van der Waals surface area contributed by atoms with Gasteiger partial charge in [-0.05, 0) is 70.4 Å². The topological polar surface area (TPSA) is 67.1 Å². The van der Waals surface area contributed by atoms with Crippen LogP contribution in [0, 0.1) is 5.92 Å². The van der Waals surface area contributed by atoms with Crippen LogP contribution in [0.2, 0.25) is 0 Å². The summed E-state index contributed by atoms with van der Waals surface area (Å²) in [4.78, 5) is 12.3. The highest BCUT2D eigenvalue weighted by Gasteiger charge is 2.43. The van der Waals surface area contributed by atoms with Gasteiger partial charge in [-0.2, -0.15) is 4.98 Å². The van der Waals surface area contributed by atoms with Crippen molar-refractivity contribution in [1.82, 2.24) is 15.3 Å². The molecule has 5 nitrogen and oxygen atoms in total. The molecule has 1 saturated carbocycles. The van der Waals surface area contributed by atoms with Gasteiger partial charge in [0.2, 0.25) is 5.95 Å². The van der Waals surface area contributed by atoms with E-state index >= 15 is 0 Å². The lowest BCUT2D eigenvalue weighted by molar-refractivity contribution is 0.257. The molecule has 0 amide bonds. The van der Waals surface area contributed by atoms with E-state index in [1.54, 1.807) is 0 Å². The first-order chi connectivity index (χ1) is 12.3. The van der Waals surface area contributed by atoms with Gasteiger partial charge < -0.3 is 16.0 Å². The Labute approximate surface area is 150 Å². The average Bonchev–Trinajstić information content (AvgIpc) is 3.11. The number of nitrogens with zero attached hydrogens (tertiary/aromatic N) is 3. The third-order valence-electron chi connectivity index (χ3n) is 7.36. The Balaban J connectivity index is 1.58. The van der Waals surface area contributed by atoms with Gasteiger partial charge in [-0.25, -0.2) is 4.98 Å². The molecule has 4 aliphatic rings. The molecule has 25 heavy (non-hydrogen) atoms. The zero-order valence-corrected chi connectivity index (χ0v) is 15.3. The number of hydrogen-bond donors (Lipinski definition) is 2. The van der Waals surface area contributed by atoms with E-state index in [0.717, 1.165) is 32.0 Å². The van der Waals surface area contributed by atoms with Crippen LogP contribution in [0.4, 0.5) is 11.8 Å². The van der Waals surface area contributed by atoms with E-state index in [9.17, 15) is 0 Å². The highest BCUT2D eigenvalue weighted by atomic mass is 15.3. The van der Waals surface area contributed by atoms with Gasteiger partial charge in [0.1, 0.15) is 5.82 Å². The molecule has 2 saturated heterocycles. The van der Waals surface area contributed by atoms with Crippen molar-refractivity contribution in [2.75, 3.05) is 30.3 Å². The molecule has 0 unspecified atom stereocenters. The summed E-state index contributed by atoms with van der Waals surface area (Å²) in [5.74, 6) is 2.46. The lowest BCUT2D eigenvalue weighted by atomic mass is 9.71. The molecule has 3 fully saturated rings. The summed E-state index contributed by atoms with van der Waals surface area (Å²) >= 11 is 0. The molecule has 1 spiro atoms. The minimum Gasteiger partial charge on any atom is -0.368 e. The van der Waals surface area contributed by atoms with Crippen LogP contribution in [0.5, 0.6) is 0 Å². The number of piperidine rings is 2. The molecule has 3 heterocycles. The molecule has 1 aromatic rings. The normalized spacial score (nSPS) is 31.0. The number of rotatable bonds is 1. The Morgan fingerprint density at radius 2 is 1.88 bits per heavy atom. The second-order valence-electron chi connectivity index (χ2n) is 8.73. The molecular formula is C20H31N5. The monoisotopic (exact) mass is 341 g/mol. The fraction of sp³-hybridized carbons (Fsp3) is 0.800. The predicted molar refractivity (Wildman–Crippen MR) is 101 cm³/mol. The molecule has 5 rings (SSSR count). The summed E-state index contributed by atoms with van der Waals surface area (Å²) in [5.41, 5.74) is 9.33. The maximum atomic E-state index is 6.25. The van der Waals surface area contributed by atoms with Crippen LogP contribution >= 0.6 is 0 Å². The highest BCUT2D eigenvalue weighted by Crippen LogP contribution is 2.50. The van der Waals surface area contributed by atoms with Gasteiger partial charge in [0.15, 0.2) is 0 Å². The Morgan fingerprint density at radius 1 is 1.04 bits per heavy atom. The van der Waals surface area contributed by atoms with Crippen molar-refractivity contribution >= 4 is 11.8 Å². The smallest absolute Gasteiger partial charge is 0.222 e. The Kier molecular flexibility index (Phi) is 3.88. The summed E-state index contributed by atoms with van der Waals surface area (Å²) in [7, 11) is 0. The third kappa shape index (κ3) is 2.54. The molecule has 0 bridgehead atoms. The maximum Gasteiger partial charge on any atom is 0.222 e. The van der Waals surface area contributed by atoms with Crippen molar-refractivity contribution in [1.29, 1.82) is 0 Å². The molecule has 3 N–H and O–H groups in total. The molecular weight excluding hydrogens is 310 g/mol. The second kappa shape index (κ2) is 6.11. The van der Waals surface area contributed by atoms with Crippen LogP contribution in [0.25, 0.3) is 0 Å². The van der Waals surface area contributed by atoms with Crippen molar-refractivity contribution in [2.45, 2.75) is 75.7 Å². The van der Waals surface area contributed by atoms with E-state index in [1.807, 2.05) is 0 Å². The van der Waals surface area contributed by atoms with E-state index in [4.69, 9.17) is 15.7 Å². The van der Waals surface area contributed by atoms with Gasteiger partial charge in [0.05, 0.1) is 5.69 Å². The maximum absolute atomic E-state index is 6.25. The number of nitrogens with two attached hydrogens (primary N) is 1. The minimum absolute atomic E-state index is 0.308. The Bertz CT molecular complexity index is 650. The number of nitrogens with one attached hydrogen (secondary N) is 1. The number of anilines is 2. The lowest BCUT2D eigenvalue weighted by Gasteiger charge is -2.46. The zero-order chi connectivity index (χ0) is 16.9. The third-order valence-corrected chi connectivity index (χ3v) is 7.36.